The molecule has 0 radical (unpaired) electrons. The van der Waals surface area contributed by atoms with E-state index in [1.54, 1.807) is 18.3 Å². The zero-order chi connectivity index (χ0) is 14.8. The van der Waals surface area contributed by atoms with Crippen molar-refractivity contribution in [2.24, 2.45) is 0 Å². The summed E-state index contributed by atoms with van der Waals surface area (Å²) in [5.41, 5.74) is 0.0359. The molecule has 0 bridgehead atoms. The number of amides is 1. The Kier molecular flexibility index (Phi) is 3.36. The van der Waals surface area contributed by atoms with Crippen LogP contribution < -0.4 is 10.9 Å². The van der Waals surface area contributed by atoms with Gasteiger partial charge < -0.3 is 15.4 Å². The fourth-order valence-corrected chi connectivity index (χ4v) is 2.67. The summed E-state index contributed by atoms with van der Waals surface area (Å²) in [6.07, 6.45) is 1.70. The number of H-pyrrole nitrogens is 1. The maximum absolute atomic E-state index is 12.2. The van der Waals surface area contributed by atoms with Gasteiger partial charge in [0.05, 0.1) is 22.9 Å². The topological polar surface area (TPSA) is 108 Å². The Hall–Kier alpha value is -2.74. The zero-order valence-electron chi connectivity index (χ0n) is 10.7. The van der Waals surface area contributed by atoms with Gasteiger partial charge in [-0.2, -0.15) is 9.36 Å². The van der Waals surface area contributed by atoms with Gasteiger partial charge in [0.15, 0.2) is 0 Å². The van der Waals surface area contributed by atoms with Crippen molar-refractivity contribution in [1.29, 1.82) is 0 Å². The minimum absolute atomic E-state index is 0.0116. The van der Waals surface area contributed by atoms with E-state index >= 15 is 0 Å². The van der Waals surface area contributed by atoms with Crippen LogP contribution >= 0.6 is 11.5 Å². The number of carbonyl (C=O) groups is 1. The molecule has 0 aliphatic carbocycles. The highest BCUT2D eigenvalue weighted by atomic mass is 32.1. The number of aromatic nitrogens is 3. The van der Waals surface area contributed by atoms with Crippen LogP contribution in [-0.2, 0) is 6.54 Å². The number of hydrogen-bond acceptors (Lipinski definition) is 6. The molecule has 0 aliphatic rings. The van der Waals surface area contributed by atoms with Crippen molar-refractivity contribution in [3.63, 3.8) is 0 Å². The molecule has 0 aliphatic heterocycles. The van der Waals surface area contributed by atoms with Crippen molar-refractivity contribution in [3.8, 4) is 5.88 Å². The van der Waals surface area contributed by atoms with Gasteiger partial charge in [-0.3, -0.25) is 9.59 Å². The second kappa shape index (κ2) is 5.33. The van der Waals surface area contributed by atoms with Crippen LogP contribution in [0.3, 0.4) is 0 Å². The molecule has 0 fully saturated rings. The van der Waals surface area contributed by atoms with E-state index < -0.39 is 5.56 Å². The fraction of sp³-hybridized carbons (Fsp3) is 0.0769. The van der Waals surface area contributed by atoms with Crippen molar-refractivity contribution in [2.45, 2.75) is 6.54 Å². The number of carbonyl (C=O) groups excluding carboxylic acids is 1. The van der Waals surface area contributed by atoms with Crippen molar-refractivity contribution in [1.82, 2.24) is 19.7 Å². The van der Waals surface area contributed by atoms with Gasteiger partial charge >= 0.3 is 0 Å². The molecule has 0 spiro atoms. The third kappa shape index (κ3) is 2.75. The Morgan fingerprint density at radius 1 is 1.43 bits per heavy atom. The molecule has 1 aromatic carbocycles. The number of nitrogens with zero attached hydrogens (tertiary/aromatic N) is 2. The van der Waals surface area contributed by atoms with Crippen molar-refractivity contribution in [2.75, 3.05) is 0 Å². The van der Waals surface area contributed by atoms with Crippen LogP contribution in [0.2, 0.25) is 0 Å². The molecule has 0 saturated carbocycles. The average Bonchev–Trinajstić information content (AvgIpc) is 2.92. The first-order valence-corrected chi connectivity index (χ1v) is 6.81. The van der Waals surface area contributed by atoms with Crippen LogP contribution in [0, 0.1) is 0 Å². The molecular formula is C13H10N4O3S. The first-order valence-electron chi connectivity index (χ1n) is 6.04. The molecule has 0 saturated heterocycles. The van der Waals surface area contributed by atoms with Crippen molar-refractivity contribution >= 4 is 27.5 Å². The van der Waals surface area contributed by atoms with Gasteiger partial charge in [0.1, 0.15) is 5.82 Å². The second-order valence-electron chi connectivity index (χ2n) is 4.28. The van der Waals surface area contributed by atoms with E-state index in [9.17, 15) is 14.7 Å². The molecule has 2 aromatic heterocycles. The van der Waals surface area contributed by atoms with E-state index in [1.165, 1.54) is 11.5 Å². The molecule has 0 unspecified atom stereocenters. The second-order valence-corrected chi connectivity index (χ2v) is 5.08. The van der Waals surface area contributed by atoms with Crippen LogP contribution in [-0.4, -0.2) is 25.4 Å². The number of rotatable bonds is 3. The maximum atomic E-state index is 12.2. The highest BCUT2D eigenvalue weighted by Crippen LogP contribution is 2.22. The molecule has 3 N–H and O–H groups in total. The van der Waals surface area contributed by atoms with Crippen LogP contribution in [0.1, 0.15) is 16.2 Å². The van der Waals surface area contributed by atoms with E-state index in [1.807, 2.05) is 6.07 Å². The number of aromatic amines is 1. The summed E-state index contributed by atoms with van der Waals surface area (Å²) >= 11 is 1.24. The number of benzene rings is 1. The molecule has 0 atom stereocenters. The summed E-state index contributed by atoms with van der Waals surface area (Å²) < 4.78 is 4.85. The molecule has 2 heterocycles. The lowest BCUT2D eigenvalue weighted by atomic mass is 10.1. The lowest BCUT2D eigenvalue weighted by Gasteiger charge is -2.05. The third-order valence-electron chi connectivity index (χ3n) is 2.82. The SMILES string of the molecule is O=C(NCc1nc(O)cc(=O)[nH]1)c1cccc2cnsc12. The molecule has 106 valence electrons. The zero-order valence-corrected chi connectivity index (χ0v) is 11.5. The normalized spacial score (nSPS) is 10.7. The lowest BCUT2D eigenvalue weighted by molar-refractivity contribution is 0.0951. The quantitative estimate of drug-likeness (QED) is 0.669. The Labute approximate surface area is 122 Å². The Balaban J connectivity index is 1.80. The van der Waals surface area contributed by atoms with E-state index in [2.05, 4.69) is 19.7 Å². The summed E-state index contributed by atoms with van der Waals surface area (Å²) in [5.74, 6) is -0.492. The van der Waals surface area contributed by atoms with Crippen molar-refractivity contribution < 1.29 is 9.90 Å². The Morgan fingerprint density at radius 3 is 3.10 bits per heavy atom. The molecule has 1 amide bonds. The molecule has 7 nitrogen and oxygen atoms in total. The van der Waals surface area contributed by atoms with Crippen LogP contribution in [0.15, 0.2) is 35.3 Å². The van der Waals surface area contributed by atoms with Crippen LogP contribution in [0.25, 0.3) is 10.1 Å². The summed E-state index contributed by atoms with van der Waals surface area (Å²) in [4.78, 5) is 29.5. The lowest BCUT2D eigenvalue weighted by Crippen LogP contribution is -2.25. The summed E-state index contributed by atoms with van der Waals surface area (Å²) in [5, 5.41) is 12.8. The molecule has 21 heavy (non-hydrogen) atoms. The van der Waals surface area contributed by atoms with Gasteiger partial charge in [-0.1, -0.05) is 12.1 Å². The Bertz CT molecular complexity index is 871. The highest BCUT2D eigenvalue weighted by Gasteiger charge is 2.11. The van der Waals surface area contributed by atoms with Gasteiger partial charge in [0.2, 0.25) is 5.88 Å². The first-order chi connectivity index (χ1) is 10.1. The fourth-order valence-electron chi connectivity index (χ4n) is 1.91. The highest BCUT2D eigenvalue weighted by molar-refractivity contribution is 7.13. The predicted octanol–water partition coefficient (Wildman–Crippen LogP) is 1.02. The van der Waals surface area contributed by atoms with Crippen LogP contribution in [0.4, 0.5) is 0 Å². The summed E-state index contributed by atoms with van der Waals surface area (Å²) in [6.45, 7) is 0.0116. The first kappa shape index (κ1) is 13.3. The van der Waals surface area contributed by atoms with Crippen LogP contribution in [0.5, 0.6) is 5.88 Å². The van der Waals surface area contributed by atoms with Crippen molar-refractivity contribution in [3.05, 3.63) is 52.2 Å². The van der Waals surface area contributed by atoms with E-state index in [0.29, 0.717) is 5.56 Å². The minimum Gasteiger partial charge on any atom is -0.493 e. The average molecular weight is 302 g/mol. The number of hydrogen-bond donors (Lipinski definition) is 3. The standard InChI is InChI=1S/C13H10N4O3S/c18-10-4-11(19)17-9(16-10)6-14-13(20)8-3-1-2-7-5-15-21-12(7)8/h1-5H,6H2,(H,14,20)(H2,16,17,18,19). The minimum atomic E-state index is -0.476. The number of fused-ring (bicyclic) bond motifs is 1. The number of aromatic hydroxyl groups is 1. The van der Waals surface area contributed by atoms with Gasteiger partial charge in [-0.25, -0.2) is 0 Å². The van der Waals surface area contributed by atoms with Gasteiger partial charge in [0.25, 0.3) is 11.5 Å². The van der Waals surface area contributed by atoms with E-state index in [-0.39, 0.29) is 24.2 Å². The third-order valence-corrected chi connectivity index (χ3v) is 3.67. The molecule has 3 aromatic rings. The van der Waals surface area contributed by atoms with E-state index in [4.69, 9.17) is 0 Å². The largest absolute Gasteiger partial charge is 0.493 e. The predicted molar refractivity (Wildman–Crippen MR) is 77.3 cm³/mol. The maximum Gasteiger partial charge on any atom is 0.254 e. The summed E-state index contributed by atoms with van der Waals surface area (Å²) in [6, 6.07) is 6.32. The van der Waals surface area contributed by atoms with Gasteiger partial charge in [-0.05, 0) is 17.6 Å². The van der Waals surface area contributed by atoms with Gasteiger partial charge in [-0.15, -0.1) is 0 Å². The molecule has 8 heteroatoms. The van der Waals surface area contributed by atoms with Gasteiger partial charge in [0, 0.05) is 11.6 Å². The molecular weight excluding hydrogens is 292 g/mol. The smallest absolute Gasteiger partial charge is 0.254 e. The summed E-state index contributed by atoms with van der Waals surface area (Å²) in [7, 11) is 0. The number of nitrogens with one attached hydrogen (secondary N) is 2. The monoisotopic (exact) mass is 302 g/mol. The van der Waals surface area contributed by atoms with E-state index in [0.717, 1.165) is 16.2 Å². The Morgan fingerprint density at radius 2 is 2.29 bits per heavy atom. The molecule has 3 rings (SSSR count).